The molecule has 3 aromatic rings. The van der Waals surface area contributed by atoms with Crippen molar-refractivity contribution >= 4 is 34.8 Å². The number of hydrogen-bond acceptors (Lipinski definition) is 8. The average Bonchev–Trinajstić information content (AvgIpc) is 3.22. The first-order chi connectivity index (χ1) is 14.9. The lowest BCUT2D eigenvalue weighted by Crippen LogP contribution is -2.46. The van der Waals surface area contributed by atoms with Crippen molar-refractivity contribution < 1.29 is 0 Å². The summed E-state index contributed by atoms with van der Waals surface area (Å²) in [5, 5.41) is 0.801. The Hall–Kier alpha value is -2.26. The highest BCUT2D eigenvalue weighted by Gasteiger charge is 2.25. The van der Waals surface area contributed by atoms with Crippen LogP contribution in [-0.4, -0.2) is 65.0 Å². The van der Waals surface area contributed by atoms with Crippen LogP contribution in [0.1, 0.15) is 23.7 Å². The number of benzene rings is 1. The smallest absolute Gasteiger partial charge is 0.229 e. The molecule has 1 aliphatic heterocycles. The summed E-state index contributed by atoms with van der Waals surface area (Å²) in [6, 6.07) is 12.5. The quantitative estimate of drug-likeness (QED) is 0.603. The maximum atomic E-state index is 6.36. The predicted octanol–water partition coefficient (Wildman–Crippen LogP) is 3.78. The predicted molar refractivity (Wildman–Crippen MR) is 129 cm³/mol. The van der Waals surface area contributed by atoms with Crippen molar-refractivity contribution in [3.63, 3.8) is 0 Å². The maximum absolute atomic E-state index is 6.36. The number of nitrogen functional groups attached to an aromatic ring is 1. The molecule has 0 spiro atoms. The van der Waals surface area contributed by atoms with Gasteiger partial charge < -0.3 is 10.6 Å². The molecule has 2 aromatic heterocycles. The second kappa shape index (κ2) is 9.48. The molecule has 1 aromatic carbocycles. The zero-order chi connectivity index (χ0) is 22.0. The van der Waals surface area contributed by atoms with Crippen LogP contribution in [0.5, 0.6) is 0 Å². The van der Waals surface area contributed by atoms with Gasteiger partial charge in [0.2, 0.25) is 11.9 Å². The molecule has 3 heterocycles. The Balaban J connectivity index is 1.36. The molecule has 1 saturated heterocycles. The largest absolute Gasteiger partial charge is 0.368 e. The van der Waals surface area contributed by atoms with Gasteiger partial charge in [0.15, 0.2) is 5.82 Å². The Morgan fingerprint density at radius 3 is 2.52 bits per heavy atom. The molecule has 1 fully saturated rings. The van der Waals surface area contributed by atoms with Gasteiger partial charge in [-0.05, 0) is 25.1 Å². The number of thiophene rings is 1. The van der Waals surface area contributed by atoms with Crippen LogP contribution in [0.15, 0.2) is 36.4 Å². The Bertz CT molecular complexity index is 1030. The van der Waals surface area contributed by atoms with E-state index in [0.717, 1.165) is 49.1 Å². The molecule has 0 amide bonds. The number of nitrogens with zero attached hydrogens (tertiary/aromatic N) is 6. The van der Waals surface area contributed by atoms with Crippen LogP contribution in [-0.2, 0) is 6.54 Å². The van der Waals surface area contributed by atoms with Gasteiger partial charge in [0.25, 0.3) is 0 Å². The van der Waals surface area contributed by atoms with E-state index in [2.05, 4.69) is 49.9 Å². The molecule has 9 heteroatoms. The van der Waals surface area contributed by atoms with Crippen LogP contribution in [0.4, 0.5) is 11.9 Å². The summed E-state index contributed by atoms with van der Waals surface area (Å²) in [5.74, 6) is 1.60. The Morgan fingerprint density at radius 2 is 1.81 bits per heavy atom. The minimum Gasteiger partial charge on any atom is -0.368 e. The lowest BCUT2D eigenvalue weighted by atomic mass is 10.2. The topological polar surface area (TPSA) is 74.4 Å². The summed E-state index contributed by atoms with van der Waals surface area (Å²) in [4.78, 5) is 22.5. The van der Waals surface area contributed by atoms with Crippen molar-refractivity contribution in [2.75, 3.05) is 50.9 Å². The maximum Gasteiger partial charge on any atom is 0.229 e. The van der Waals surface area contributed by atoms with Crippen molar-refractivity contribution in [1.82, 2.24) is 24.8 Å². The fraction of sp³-hybridized carbons (Fsp3) is 0.409. The fourth-order valence-corrected chi connectivity index (χ4v) is 5.13. The van der Waals surface area contributed by atoms with Crippen LogP contribution in [0.25, 0.3) is 10.4 Å². The summed E-state index contributed by atoms with van der Waals surface area (Å²) in [7, 11) is 3.81. The van der Waals surface area contributed by atoms with Gasteiger partial charge in [-0.2, -0.15) is 15.0 Å². The molecule has 4 rings (SSSR count). The summed E-state index contributed by atoms with van der Waals surface area (Å²) >= 11 is 8.18. The SMILES string of the molecule is C[C@H](c1nc(N)nc(N(C)C)n1)N1CCN(Cc2ccc(-c3ccccc3Cl)s2)CC1. The van der Waals surface area contributed by atoms with Gasteiger partial charge in [0, 0.05) is 67.2 Å². The number of hydrogen-bond donors (Lipinski definition) is 1. The first-order valence-electron chi connectivity index (χ1n) is 10.4. The molecule has 2 N–H and O–H groups in total. The number of piperazine rings is 1. The third-order valence-electron chi connectivity index (χ3n) is 5.57. The van der Waals surface area contributed by atoms with Gasteiger partial charge in [-0.1, -0.05) is 29.8 Å². The minimum absolute atomic E-state index is 0.0970. The molecular weight excluding hydrogens is 430 g/mol. The van der Waals surface area contributed by atoms with Gasteiger partial charge in [0.05, 0.1) is 6.04 Å². The van der Waals surface area contributed by atoms with Crippen LogP contribution in [0.3, 0.4) is 0 Å². The molecule has 0 radical (unpaired) electrons. The van der Waals surface area contributed by atoms with Crippen molar-refractivity contribution in [3.8, 4) is 10.4 Å². The van der Waals surface area contributed by atoms with Gasteiger partial charge in [-0.15, -0.1) is 11.3 Å². The van der Waals surface area contributed by atoms with E-state index >= 15 is 0 Å². The summed E-state index contributed by atoms with van der Waals surface area (Å²) in [6.07, 6.45) is 0. The highest BCUT2D eigenvalue weighted by atomic mass is 35.5. The molecule has 164 valence electrons. The second-order valence-corrected chi connectivity index (χ2v) is 9.56. The van der Waals surface area contributed by atoms with E-state index in [1.54, 1.807) is 0 Å². The third-order valence-corrected chi connectivity index (χ3v) is 7.00. The highest BCUT2D eigenvalue weighted by Crippen LogP contribution is 2.33. The second-order valence-electron chi connectivity index (χ2n) is 7.98. The van der Waals surface area contributed by atoms with Crippen LogP contribution in [0, 0.1) is 0 Å². The van der Waals surface area contributed by atoms with E-state index in [0.29, 0.717) is 5.95 Å². The first kappa shape index (κ1) is 22.0. The number of aromatic nitrogens is 3. The van der Waals surface area contributed by atoms with E-state index in [1.807, 2.05) is 48.5 Å². The fourth-order valence-electron chi connectivity index (χ4n) is 3.75. The molecule has 31 heavy (non-hydrogen) atoms. The van der Waals surface area contributed by atoms with Crippen molar-refractivity contribution in [3.05, 3.63) is 52.1 Å². The van der Waals surface area contributed by atoms with Gasteiger partial charge in [0.1, 0.15) is 0 Å². The van der Waals surface area contributed by atoms with Crippen LogP contribution >= 0.6 is 22.9 Å². The number of nitrogens with two attached hydrogens (primary N) is 1. The monoisotopic (exact) mass is 457 g/mol. The molecule has 1 aliphatic rings. The van der Waals surface area contributed by atoms with Crippen LogP contribution in [0.2, 0.25) is 5.02 Å². The highest BCUT2D eigenvalue weighted by molar-refractivity contribution is 7.15. The molecule has 0 saturated carbocycles. The summed E-state index contributed by atoms with van der Waals surface area (Å²) < 4.78 is 0. The zero-order valence-corrected chi connectivity index (χ0v) is 19.7. The molecular formula is C22H28ClN7S. The Kier molecular flexibility index (Phi) is 6.71. The number of halogens is 1. The lowest BCUT2D eigenvalue weighted by molar-refractivity contribution is 0.0954. The number of rotatable bonds is 6. The summed E-state index contributed by atoms with van der Waals surface area (Å²) in [5.41, 5.74) is 7.01. The average molecular weight is 458 g/mol. The van der Waals surface area contributed by atoms with E-state index in [-0.39, 0.29) is 12.0 Å². The Labute approximate surface area is 192 Å². The van der Waals surface area contributed by atoms with Crippen LogP contribution < -0.4 is 10.6 Å². The van der Waals surface area contributed by atoms with E-state index < -0.39 is 0 Å². The Morgan fingerprint density at radius 1 is 1.06 bits per heavy atom. The molecule has 0 unspecified atom stereocenters. The minimum atomic E-state index is 0.0970. The molecule has 1 atom stereocenters. The van der Waals surface area contributed by atoms with E-state index in [1.165, 1.54) is 9.75 Å². The molecule has 0 aliphatic carbocycles. The van der Waals surface area contributed by atoms with Crippen molar-refractivity contribution in [1.29, 1.82) is 0 Å². The zero-order valence-electron chi connectivity index (χ0n) is 18.1. The van der Waals surface area contributed by atoms with Crippen molar-refractivity contribution in [2.45, 2.75) is 19.5 Å². The molecule has 7 nitrogen and oxygen atoms in total. The lowest BCUT2D eigenvalue weighted by Gasteiger charge is -2.37. The molecule has 0 bridgehead atoms. The third kappa shape index (κ3) is 5.15. The van der Waals surface area contributed by atoms with Gasteiger partial charge in [-0.25, -0.2) is 0 Å². The van der Waals surface area contributed by atoms with E-state index in [9.17, 15) is 0 Å². The van der Waals surface area contributed by atoms with Crippen molar-refractivity contribution in [2.24, 2.45) is 0 Å². The normalized spacial score (nSPS) is 16.4. The first-order valence-corrected chi connectivity index (χ1v) is 11.6. The summed E-state index contributed by atoms with van der Waals surface area (Å²) in [6.45, 7) is 7.04. The van der Waals surface area contributed by atoms with Gasteiger partial charge >= 0.3 is 0 Å². The van der Waals surface area contributed by atoms with Gasteiger partial charge in [-0.3, -0.25) is 9.80 Å². The van der Waals surface area contributed by atoms with E-state index in [4.69, 9.17) is 17.3 Å². The number of anilines is 2. The standard InChI is InChI=1S/C22H28ClN7S/c1-15(20-25-21(24)27-22(26-20)28(2)3)30-12-10-29(11-13-30)14-16-8-9-19(31-16)17-6-4-5-7-18(17)23/h4-9,15H,10-14H2,1-3H3,(H2,24,25,26,27)/t15-/m1/s1.